The number of ether oxygens (including phenoxy) is 1. The molecule has 0 spiro atoms. The molecule has 1 aliphatic rings. The van der Waals surface area contributed by atoms with Gasteiger partial charge in [0.1, 0.15) is 0 Å². The standard InChI is InChI=1S/C24H28N4O2/c1-16-17(2)23(25)22(24(29)27-20-8-12-30-13-9-20)15-19(16)14-18-4-6-21(7-5-18)28-11-3-10-26-28/h3-7,10-11,15,20H,8-9,12-14,25H2,1-2H3,(H,27,29). The number of anilines is 1. The zero-order valence-corrected chi connectivity index (χ0v) is 17.5. The lowest BCUT2D eigenvalue weighted by Crippen LogP contribution is -2.39. The third-order valence-corrected chi connectivity index (χ3v) is 5.96. The van der Waals surface area contributed by atoms with Gasteiger partial charge in [-0.1, -0.05) is 12.1 Å². The van der Waals surface area contributed by atoms with Crippen LogP contribution in [-0.4, -0.2) is 34.9 Å². The summed E-state index contributed by atoms with van der Waals surface area (Å²) in [7, 11) is 0. The van der Waals surface area contributed by atoms with Crippen molar-refractivity contribution < 1.29 is 9.53 Å². The second-order valence-electron chi connectivity index (χ2n) is 7.90. The zero-order valence-electron chi connectivity index (χ0n) is 17.5. The van der Waals surface area contributed by atoms with Crippen LogP contribution in [0.1, 0.15) is 45.5 Å². The highest BCUT2D eigenvalue weighted by molar-refractivity contribution is 6.00. The van der Waals surface area contributed by atoms with E-state index in [0.717, 1.165) is 41.6 Å². The fraction of sp³-hybridized carbons (Fsp3) is 0.333. The van der Waals surface area contributed by atoms with Crippen molar-refractivity contribution in [1.82, 2.24) is 15.1 Å². The molecule has 1 fully saturated rings. The minimum absolute atomic E-state index is 0.0993. The Bertz CT molecular complexity index is 1020. The predicted octanol–water partition coefficient (Wildman–Crippen LogP) is 3.57. The molecule has 0 radical (unpaired) electrons. The first kappa shape index (κ1) is 20.2. The Balaban J connectivity index is 1.56. The van der Waals surface area contributed by atoms with E-state index < -0.39 is 0 Å². The lowest BCUT2D eigenvalue weighted by molar-refractivity contribution is 0.0697. The molecule has 0 bridgehead atoms. The summed E-state index contributed by atoms with van der Waals surface area (Å²) in [6.07, 6.45) is 6.11. The molecule has 6 heteroatoms. The Morgan fingerprint density at radius 1 is 1.20 bits per heavy atom. The number of amides is 1. The molecule has 1 saturated heterocycles. The van der Waals surface area contributed by atoms with Crippen LogP contribution < -0.4 is 11.1 Å². The molecule has 0 atom stereocenters. The molecule has 156 valence electrons. The van der Waals surface area contributed by atoms with Gasteiger partial charge in [-0.15, -0.1) is 0 Å². The minimum atomic E-state index is -0.0993. The molecule has 0 saturated carbocycles. The van der Waals surface area contributed by atoms with Gasteiger partial charge in [0, 0.05) is 37.3 Å². The smallest absolute Gasteiger partial charge is 0.253 e. The normalized spacial score (nSPS) is 14.6. The van der Waals surface area contributed by atoms with Gasteiger partial charge in [0.25, 0.3) is 5.91 Å². The van der Waals surface area contributed by atoms with Gasteiger partial charge in [-0.3, -0.25) is 4.79 Å². The Morgan fingerprint density at radius 3 is 2.60 bits per heavy atom. The number of nitrogens with zero attached hydrogens (tertiary/aromatic N) is 2. The summed E-state index contributed by atoms with van der Waals surface area (Å²) in [5, 5.41) is 7.39. The topological polar surface area (TPSA) is 82.2 Å². The van der Waals surface area contributed by atoms with E-state index in [2.05, 4.69) is 41.6 Å². The fourth-order valence-electron chi connectivity index (χ4n) is 3.89. The number of carbonyl (C=O) groups is 1. The van der Waals surface area contributed by atoms with Crippen LogP contribution in [0.2, 0.25) is 0 Å². The fourth-order valence-corrected chi connectivity index (χ4v) is 3.89. The summed E-state index contributed by atoms with van der Waals surface area (Å²) >= 11 is 0. The van der Waals surface area contributed by atoms with Gasteiger partial charge in [-0.2, -0.15) is 5.10 Å². The molecule has 30 heavy (non-hydrogen) atoms. The van der Waals surface area contributed by atoms with Crippen LogP contribution in [0.25, 0.3) is 5.69 Å². The van der Waals surface area contributed by atoms with Gasteiger partial charge in [-0.25, -0.2) is 4.68 Å². The van der Waals surface area contributed by atoms with Crippen LogP contribution in [0.4, 0.5) is 5.69 Å². The monoisotopic (exact) mass is 404 g/mol. The second-order valence-corrected chi connectivity index (χ2v) is 7.90. The first-order valence-electron chi connectivity index (χ1n) is 10.4. The molecule has 2 aromatic carbocycles. The van der Waals surface area contributed by atoms with Crippen molar-refractivity contribution in [2.75, 3.05) is 18.9 Å². The van der Waals surface area contributed by atoms with Gasteiger partial charge in [-0.05, 0) is 79.6 Å². The van der Waals surface area contributed by atoms with Crippen LogP contribution in [0.5, 0.6) is 0 Å². The van der Waals surface area contributed by atoms with Gasteiger partial charge >= 0.3 is 0 Å². The molecule has 3 N–H and O–H groups in total. The van der Waals surface area contributed by atoms with Crippen molar-refractivity contribution in [3.8, 4) is 5.69 Å². The van der Waals surface area contributed by atoms with Crippen molar-refractivity contribution in [3.63, 3.8) is 0 Å². The molecule has 6 nitrogen and oxygen atoms in total. The minimum Gasteiger partial charge on any atom is -0.398 e. The van der Waals surface area contributed by atoms with Crippen molar-refractivity contribution in [3.05, 3.63) is 76.6 Å². The highest BCUT2D eigenvalue weighted by Gasteiger charge is 2.21. The predicted molar refractivity (Wildman–Crippen MR) is 118 cm³/mol. The van der Waals surface area contributed by atoms with E-state index in [9.17, 15) is 4.79 Å². The maximum atomic E-state index is 12.9. The lowest BCUT2D eigenvalue weighted by atomic mass is 9.92. The number of carbonyl (C=O) groups excluding carboxylic acids is 1. The Hall–Kier alpha value is -3.12. The Labute approximate surface area is 177 Å². The number of aromatic nitrogens is 2. The van der Waals surface area contributed by atoms with Crippen LogP contribution >= 0.6 is 0 Å². The van der Waals surface area contributed by atoms with Crippen LogP contribution in [0.15, 0.2) is 48.8 Å². The van der Waals surface area contributed by atoms with Crippen molar-refractivity contribution in [2.45, 2.75) is 39.2 Å². The summed E-state index contributed by atoms with van der Waals surface area (Å²) in [5.74, 6) is -0.0993. The summed E-state index contributed by atoms with van der Waals surface area (Å²) in [5.41, 5.74) is 12.9. The van der Waals surface area contributed by atoms with Gasteiger partial charge in [0.05, 0.1) is 11.3 Å². The first-order chi connectivity index (χ1) is 14.5. The van der Waals surface area contributed by atoms with Crippen molar-refractivity contribution >= 4 is 11.6 Å². The second kappa shape index (κ2) is 8.71. The molecule has 0 aliphatic carbocycles. The molecule has 0 unspecified atom stereocenters. The van der Waals surface area contributed by atoms with Gasteiger partial charge < -0.3 is 15.8 Å². The maximum Gasteiger partial charge on any atom is 0.253 e. The van der Waals surface area contributed by atoms with E-state index in [0.29, 0.717) is 24.5 Å². The molecule has 1 aliphatic heterocycles. The van der Waals surface area contributed by atoms with E-state index in [1.807, 2.05) is 29.9 Å². The highest BCUT2D eigenvalue weighted by Crippen LogP contribution is 2.27. The number of hydrogen-bond acceptors (Lipinski definition) is 4. The maximum absolute atomic E-state index is 12.9. The molecule has 1 amide bonds. The van der Waals surface area contributed by atoms with Crippen LogP contribution in [0, 0.1) is 13.8 Å². The molecule has 4 rings (SSSR count). The average Bonchev–Trinajstić information content (AvgIpc) is 3.30. The number of nitrogen functional groups attached to an aromatic ring is 1. The third-order valence-electron chi connectivity index (χ3n) is 5.96. The molecule has 2 heterocycles. The Kier molecular flexibility index (Phi) is 5.86. The van der Waals surface area contributed by atoms with E-state index in [1.54, 1.807) is 6.20 Å². The van der Waals surface area contributed by atoms with Crippen molar-refractivity contribution in [1.29, 1.82) is 0 Å². The molecular formula is C24H28N4O2. The summed E-state index contributed by atoms with van der Waals surface area (Å²) in [4.78, 5) is 12.9. The molecule has 3 aromatic rings. The van der Waals surface area contributed by atoms with Crippen LogP contribution in [-0.2, 0) is 11.2 Å². The lowest BCUT2D eigenvalue weighted by Gasteiger charge is -2.24. The quantitative estimate of drug-likeness (QED) is 0.637. The zero-order chi connectivity index (χ0) is 21.1. The SMILES string of the molecule is Cc1c(Cc2ccc(-n3cccn3)cc2)cc(C(=O)NC2CCOCC2)c(N)c1C. The number of benzene rings is 2. The number of nitrogens with one attached hydrogen (secondary N) is 1. The highest BCUT2D eigenvalue weighted by atomic mass is 16.5. The first-order valence-corrected chi connectivity index (χ1v) is 10.4. The average molecular weight is 405 g/mol. The van der Waals surface area contributed by atoms with Crippen molar-refractivity contribution in [2.24, 2.45) is 0 Å². The van der Waals surface area contributed by atoms with E-state index in [-0.39, 0.29) is 11.9 Å². The largest absolute Gasteiger partial charge is 0.398 e. The van der Waals surface area contributed by atoms with E-state index >= 15 is 0 Å². The number of rotatable bonds is 5. The summed E-state index contributed by atoms with van der Waals surface area (Å²) in [6, 6.07) is 12.3. The third kappa shape index (κ3) is 4.24. The van der Waals surface area contributed by atoms with Gasteiger partial charge in [0.2, 0.25) is 0 Å². The van der Waals surface area contributed by atoms with Gasteiger partial charge in [0.15, 0.2) is 0 Å². The number of hydrogen-bond donors (Lipinski definition) is 2. The molecular weight excluding hydrogens is 376 g/mol. The molecule has 1 aromatic heterocycles. The van der Waals surface area contributed by atoms with Crippen LogP contribution in [0.3, 0.4) is 0 Å². The summed E-state index contributed by atoms with van der Waals surface area (Å²) < 4.78 is 7.22. The summed E-state index contributed by atoms with van der Waals surface area (Å²) in [6.45, 7) is 5.43. The van der Waals surface area contributed by atoms with E-state index in [4.69, 9.17) is 10.5 Å². The van der Waals surface area contributed by atoms with E-state index in [1.165, 1.54) is 5.56 Å². The Morgan fingerprint density at radius 2 is 1.93 bits per heavy atom. The number of nitrogens with two attached hydrogens (primary N) is 1.